The van der Waals surface area contributed by atoms with Crippen LogP contribution in [0.15, 0.2) is 90.0 Å². The number of hydrogen-bond donors (Lipinski definition) is 1. The Bertz CT molecular complexity index is 1190. The highest BCUT2D eigenvalue weighted by molar-refractivity contribution is 5.50. The van der Waals surface area contributed by atoms with Crippen molar-refractivity contribution in [1.29, 1.82) is 0 Å². The van der Waals surface area contributed by atoms with E-state index in [0.717, 1.165) is 23.3 Å². The third-order valence-corrected chi connectivity index (χ3v) is 5.63. The highest BCUT2D eigenvalue weighted by atomic mass is 19.4. The highest BCUT2D eigenvalue weighted by Crippen LogP contribution is 2.30. The van der Waals surface area contributed by atoms with Gasteiger partial charge in [-0.2, -0.15) is 43.9 Å². The number of ether oxygens (including phenoxy) is 1. The Morgan fingerprint density at radius 3 is 2.15 bits per heavy atom. The van der Waals surface area contributed by atoms with E-state index in [2.05, 4.69) is 4.74 Å². The van der Waals surface area contributed by atoms with Crippen molar-refractivity contribution in [3.8, 4) is 5.75 Å². The highest BCUT2D eigenvalue weighted by Gasteiger charge is 2.44. The lowest BCUT2D eigenvalue weighted by molar-refractivity contribution is -0.253. The first-order valence-electron chi connectivity index (χ1n) is 12.1. The van der Waals surface area contributed by atoms with Gasteiger partial charge in [-0.1, -0.05) is 60.2 Å². The van der Waals surface area contributed by atoms with Crippen LogP contribution in [0.4, 0.5) is 49.6 Å². The molecular formula is C28H27F10NO2. The minimum atomic E-state index is -4.70. The number of likely N-dealkylation sites (N-methyl/N-ethyl adjacent to an activating group) is 1. The second-order valence-electron chi connectivity index (χ2n) is 8.77. The zero-order valence-corrected chi connectivity index (χ0v) is 21.6. The summed E-state index contributed by atoms with van der Waals surface area (Å²) in [7, 11) is 0. The zero-order valence-electron chi connectivity index (χ0n) is 21.6. The van der Waals surface area contributed by atoms with Crippen molar-refractivity contribution in [1.82, 2.24) is 0 Å². The van der Waals surface area contributed by atoms with Gasteiger partial charge in [0.15, 0.2) is 6.10 Å². The lowest BCUT2D eigenvalue weighted by Gasteiger charge is -2.27. The molecule has 1 unspecified atom stereocenters. The van der Waals surface area contributed by atoms with Gasteiger partial charge < -0.3 is 14.7 Å². The van der Waals surface area contributed by atoms with Crippen LogP contribution in [0, 0.1) is 0 Å². The van der Waals surface area contributed by atoms with Crippen LogP contribution in [0.2, 0.25) is 0 Å². The largest absolute Gasteiger partial charge is 0.461 e. The number of aliphatic hydroxyl groups is 1. The minimum Gasteiger partial charge on any atom is -0.428 e. The fourth-order valence-corrected chi connectivity index (χ4v) is 3.55. The molecule has 0 aromatic heterocycles. The predicted molar refractivity (Wildman–Crippen MR) is 134 cm³/mol. The molecule has 3 nitrogen and oxygen atoms in total. The van der Waals surface area contributed by atoms with Crippen LogP contribution in [0.5, 0.6) is 5.75 Å². The fraction of sp³-hybridized carbons (Fsp3) is 0.357. The van der Waals surface area contributed by atoms with Gasteiger partial charge in [-0.3, -0.25) is 0 Å². The molecule has 3 rings (SSSR count). The molecule has 0 radical (unpaired) electrons. The van der Waals surface area contributed by atoms with Crippen LogP contribution in [0.25, 0.3) is 0 Å². The number of aliphatic hydroxyl groups excluding tert-OH is 1. The molecular weight excluding hydrogens is 572 g/mol. The van der Waals surface area contributed by atoms with Crippen LogP contribution in [0.3, 0.4) is 0 Å². The van der Waals surface area contributed by atoms with Crippen LogP contribution in [-0.2, 0) is 6.42 Å². The van der Waals surface area contributed by atoms with E-state index in [-0.39, 0.29) is 18.7 Å². The molecule has 2 aromatic carbocycles. The van der Waals surface area contributed by atoms with Crippen LogP contribution < -0.4 is 9.64 Å². The van der Waals surface area contributed by atoms with E-state index < -0.39 is 43.1 Å². The van der Waals surface area contributed by atoms with Crippen LogP contribution in [0.1, 0.15) is 18.9 Å². The van der Waals surface area contributed by atoms with Crippen molar-refractivity contribution in [2.75, 3.05) is 18.0 Å². The summed E-state index contributed by atoms with van der Waals surface area (Å²) in [6, 6.07) is 13.5. The summed E-state index contributed by atoms with van der Waals surface area (Å²) in [6.07, 6.45) is -14.2. The number of rotatable bonds is 9. The number of para-hydroxylation sites is 1. The fourth-order valence-electron chi connectivity index (χ4n) is 3.55. The monoisotopic (exact) mass is 599 g/mol. The van der Waals surface area contributed by atoms with E-state index in [1.165, 1.54) is 35.2 Å². The molecule has 1 atom stereocenters. The molecule has 0 bridgehead atoms. The van der Waals surface area contributed by atoms with E-state index in [9.17, 15) is 49.0 Å². The summed E-state index contributed by atoms with van der Waals surface area (Å²) >= 11 is 0. The molecule has 13 heteroatoms. The maximum Gasteiger partial charge on any atom is 0.461 e. The zero-order chi connectivity index (χ0) is 30.8. The van der Waals surface area contributed by atoms with Gasteiger partial charge in [0.25, 0.3) is 0 Å². The second-order valence-corrected chi connectivity index (χ2v) is 8.77. The number of alkyl halides is 10. The van der Waals surface area contributed by atoms with Crippen molar-refractivity contribution < 1.29 is 53.7 Å². The molecule has 0 heterocycles. The standard InChI is InChI=1S/C20H21F6NO.C8H6F4O/c1-2-27(13-18(28)20(24,25)26)17-8-4-6-15(12-17)11-14-5-3-7-16(10-9-14)19(21,22)23;9-7(10)8(11,12)13-6-4-2-1-3-5-6/h3-8,10,12,18,28H,2,9,11,13H2,1H3;1-5,7H. The van der Waals surface area contributed by atoms with E-state index in [1.807, 2.05) is 0 Å². The third kappa shape index (κ3) is 11.1. The topological polar surface area (TPSA) is 32.7 Å². The number of allylic oxidation sites excluding steroid dienone is 6. The molecule has 0 aliphatic heterocycles. The molecule has 0 spiro atoms. The van der Waals surface area contributed by atoms with Crippen molar-refractivity contribution in [3.05, 3.63) is 95.6 Å². The molecule has 1 aliphatic rings. The SMILES string of the molecule is CCN(CC(O)C(F)(F)F)c1cccc(CC2=CC=CC(C(F)(F)F)=CC2)c1.FC(F)C(F)(F)Oc1ccccc1. The van der Waals surface area contributed by atoms with Gasteiger partial charge in [0, 0.05) is 12.2 Å². The van der Waals surface area contributed by atoms with E-state index >= 15 is 0 Å². The maximum absolute atomic E-state index is 12.8. The van der Waals surface area contributed by atoms with Gasteiger partial charge in [-0.25, -0.2) is 0 Å². The van der Waals surface area contributed by atoms with Crippen molar-refractivity contribution in [2.24, 2.45) is 0 Å². The molecule has 0 fully saturated rings. The summed E-state index contributed by atoms with van der Waals surface area (Å²) in [5.74, 6) is -0.284. The maximum atomic E-state index is 12.8. The summed E-state index contributed by atoms with van der Waals surface area (Å²) < 4.78 is 128. The molecule has 226 valence electrons. The predicted octanol–water partition coefficient (Wildman–Crippen LogP) is 8.28. The van der Waals surface area contributed by atoms with Gasteiger partial charge in [-0.15, -0.1) is 0 Å². The summed E-state index contributed by atoms with van der Waals surface area (Å²) in [5.41, 5.74) is 1.33. The Kier molecular flexibility index (Phi) is 11.9. The summed E-state index contributed by atoms with van der Waals surface area (Å²) in [6.45, 7) is 1.35. The first-order valence-corrected chi connectivity index (χ1v) is 12.1. The van der Waals surface area contributed by atoms with Crippen molar-refractivity contribution in [2.45, 2.75) is 50.8 Å². The van der Waals surface area contributed by atoms with Crippen molar-refractivity contribution in [3.63, 3.8) is 0 Å². The Hall–Kier alpha value is -3.48. The summed E-state index contributed by atoms with van der Waals surface area (Å²) in [5, 5.41) is 9.32. The number of anilines is 1. The quantitative estimate of drug-likeness (QED) is 0.295. The number of nitrogens with zero attached hydrogens (tertiary/aromatic N) is 1. The third-order valence-electron chi connectivity index (χ3n) is 5.63. The summed E-state index contributed by atoms with van der Waals surface area (Å²) in [4.78, 5) is 1.41. The lowest BCUT2D eigenvalue weighted by atomic mass is 10.0. The molecule has 0 saturated heterocycles. The molecule has 41 heavy (non-hydrogen) atoms. The average molecular weight is 600 g/mol. The molecule has 1 aliphatic carbocycles. The Labute approximate surface area is 230 Å². The van der Waals surface area contributed by atoms with E-state index in [0.29, 0.717) is 12.1 Å². The molecule has 0 amide bonds. The van der Waals surface area contributed by atoms with Crippen LogP contribution >= 0.6 is 0 Å². The minimum absolute atomic E-state index is 0.135. The second kappa shape index (κ2) is 14.4. The number of benzene rings is 2. The molecule has 1 N–H and O–H groups in total. The molecule has 0 saturated carbocycles. The lowest BCUT2D eigenvalue weighted by Crippen LogP contribution is -2.41. The van der Waals surface area contributed by atoms with Gasteiger partial charge in [-0.05, 0) is 49.6 Å². The first kappa shape index (κ1) is 33.7. The van der Waals surface area contributed by atoms with Crippen LogP contribution in [-0.4, -0.2) is 49.2 Å². The van der Waals surface area contributed by atoms with Gasteiger partial charge in [0.05, 0.1) is 12.1 Å². The van der Waals surface area contributed by atoms with E-state index in [4.69, 9.17) is 0 Å². The van der Waals surface area contributed by atoms with E-state index in [1.54, 1.807) is 43.3 Å². The Morgan fingerprint density at radius 1 is 0.927 bits per heavy atom. The Morgan fingerprint density at radius 2 is 1.59 bits per heavy atom. The van der Waals surface area contributed by atoms with Gasteiger partial charge in [0.2, 0.25) is 0 Å². The number of halogens is 10. The first-order chi connectivity index (χ1) is 19.0. The van der Waals surface area contributed by atoms with Gasteiger partial charge >= 0.3 is 24.9 Å². The van der Waals surface area contributed by atoms with Gasteiger partial charge in [0.1, 0.15) is 5.75 Å². The normalized spacial score (nSPS) is 14.9. The number of hydrogen-bond acceptors (Lipinski definition) is 3. The smallest absolute Gasteiger partial charge is 0.428 e. The Balaban J connectivity index is 0.000000377. The van der Waals surface area contributed by atoms with Crippen molar-refractivity contribution >= 4 is 5.69 Å². The average Bonchev–Trinajstić information content (AvgIpc) is 3.13. The molecule has 2 aromatic rings.